The van der Waals surface area contributed by atoms with Crippen molar-refractivity contribution in [2.24, 2.45) is 0 Å². The molecule has 7 heteroatoms. The third-order valence-electron chi connectivity index (χ3n) is 2.66. The molecular formula is C11H12O6S. The molecule has 0 bridgehead atoms. The fourth-order valence-corrected chi connectivity index (χ4v) is 2.78. The molecule has 0 amide bonds. The first-order valence-corrected chi connectivity index (χ1v) is 6.82. The molecule has 2 rings (SSSR count). The van der Waals surface area contributed by atoms with E-state index in [2.05, 4.69) is 4.74 Å². The average molecular weight is 272 g/mol. The Bertz CT molecular complexity index is 524. The smallest absolute Gasteiger partial charge is 0.430 e. The summed E-state index contributed by atoms with van der Waals surface area (Å²) in [6, 6.07) is 8.27. The van der Waals surface area contributed by atoms with Crippen molar-refractivity contribution >= 4 is 16.3 Å². The lowest BCUT2D eigenvalue weighted by molar-refractivity contribution is 0.115. The van der Waals surface area contributed by atoms with Crippen LogP contribution in [0.25, 0.3) is 0 Å². The molecule has 1 N–H and O–H groups in total. The summed E-state index contributed by atoms with van der Waals surface area (Å²) in [5, 5.41) is -1.13. The van der Waals surface area contributed by atoms with Gasteiger partial charge >= 0.3 is 6.16 Å². The van der Waals surface area contributed by atoms with Crippen molar-refractivity contribution in [3.8, 4) is 0 Å². The quantitative estimate of drug-likeness (QED) is 0.660. The molecule has 1 heterocycles. The summed E-state index contributed by atoms with van der Waals surface area (Å²) >= 11 is 0. The maximum Gasteiger partial charge on any atom is 0.508 e. The molecular weight excluding hydrogens is 260 g/mol. The van der Waals surface area contributed by atoms with E-state index in [1.54, 1.807) is 30.3 Å². The van der Waals surface area contributed by atoms with Crippen LogP contribution in [0.5, 0.6) is 0 Å². The molecule has 0 radical (unpaired) electrons. The van der Waals surface area contributed by atoms with E-state index < -0.39 is 27.6 Å². The van der Waals surface area contributed by atoms with Crippen molar-refractivity contribution in [3.63, 3.8) is 0 Å². The Labute approximate surface area is 104 Å². The van der Waals surface area contributed by atoms with E-state index in [-0.39, 0.29) is 13.0 Å². The summed E-state index contributed by atoms with van der Waals surface area (Å²) in [4.78, 5) is 10.8. The Balaban J connectivity index is 2.20. The molecule has 1 aliphatic rings. The van der Waals surface area contributed by atoms with Crippen molar-refractivity contribution in [3.05, 3.63) is 35.9 Å². The molecule has 1 aromatic carbocycles. The van der Waals surface area contributed by atoms with Crippen LogP contribution in [0.1, 0.15) is 17.2 Å². The van der Waals surface area contributed by atoms with Crippen molar-refractivity contribution < 1.29 is 27.2 Å². The van der Waals surface area contributed by atoms with Gasteiger partial charge in [0.1, 0.15) is 18.0 Å². The van der Waals surface area contributed by atoms with Gasteiger partial charge in [0.2, 0.25) is 0 Å². The van der Waals surface area contributed by atoms with Gasteiger partial charge in [-0.25, -0.2) is 4.79 Å². The van der Waals surface area contributed by atoms with Crippen molar-refractivity contribution in [1.82, 2.24) is 0 Å². The van der Waals surface area contributed by atoms with Crippen LogP contribution in [0.15, 0.2) is 30.3 Å². The van der Waals surface area contributed by atoms with Gasteiger partial charge in [0.05, 0.1) is 0 Å². The monoisotopic (exact) mass is 272 g/mol. The lowest BCUT2D eigenvalue weighted by Gasteiger charge is -2.16. The zero-order valence-corrected chi connectivity index (χ0v) is 10.2. The number of rotatable bonds is 4. The lowest BCUT2D eigenvalue weighted by Crippen LogP contribution is -2.21. The topological polar surface area (TPSA) is 89.9 Å². The number of cyclic esters (lactones) is 2. The van der Waals surface area contributed by atoms with Crippen LogP contribution in [0.4, 0.5) is 4.79 Å². The minimum absolute atomic E-state index is 0.00229. The molecule has 0 spiro atoms. The number of hydrogen-bond acceptors (Lipinski definition) is 5. The molecule has 1 aromatic rings. The number of carbonyl (C=O) groups is 1. The van der Waals surface area contributed by atoms with Crippen LogP contribution in [-0.2, 0) is 19.6 Å². The zero-order chi connectivity index (χ0) is 13.2. The summed E-state index contributed by atoms with van der Waals surface area (Å²) in [5.41, 5.74) is 0.447. The summed E-state index contributed by atoms with van der Waals surface area (Å²) in [7, 11) is -4.27. The van der Waals surface area contributed by atoms with Gasteiger partial charge in [0.25, 0.3) is 10.1 Å². The van der Waals surface area contributed by atoms with Gasteiger partial charge < -0.3 is 9.47 Å². The predicted molar refractivity (Wildman–Crippen MR) is 61.6 cm³/mol. The second-order valence-corrected chi connectivity index (χ2v) is 5.55. The summed E-state index contributed by atoms with van der Waals surface area (Å²) in [6.07, 6.45) is -1.51. The fourth-order valence-electron chi connectivity index (χ4n) is 1.82. The number of ether oxygens (including phenoxy) is 2. The van der Waals surface area contributed by atoms with Crippen molar-refractivity contribution in [2.75, 3.05) is 6.61 Å². The molecule has 1 saturated heterocycles. The van der Waals surface area contributed by atoms with Crippen LogP contribution in [0.2, 0.25) is 0 Å². The molecule has 0 saturated carbocycles. The highest BCUT2D eigenvalue weighted by molar-refractivity contribution is 7.86. The maximum atomic E-state index is 11.4. The van der Waals surface area contributed by atoms with Gasteiger partial charge in [0, 0.05) is 6.42 Å². The SMILES string of the molecule is O=C1OCC(CC(c2ccccc2)S(=O)(=O)O)O1. The first-order valence-electron chi connectivity index (χ1n) is 5.31. The highest BCUT2D eigenvalue weighted by Crippen LogP contribution is 2.29. The van der Waals surface area contributed by atoms with E-state index in [9.17, 15) is 17.8 Å². The number of hydrogen-bond donors (Lipinski definition) is 1. The normalized spacial score (nSPS) is 21.2. The van der Waals surface area contributed by atoms with Gasteiger partial charge in [0.15, 0.2) is 0 Å². The number of benzene rings is 1. The molecule has 98 valence electrons. The average Bonchev–Trinajstić information content (AvgIpc) is 2.72. The molecule has 1 fully saturated rings. The van der Waals surface area contributed by atoms with Gasteiger partial charge in [-0.2, -0.15) is 8.42 Å². The van der Waals surface area contributed by atoms with Gasteiger partial charge in [-0.05, 0) is 5.56 Å². The third-order valence-corrected chi connectivity index (χ3v) is 3.84. The largest absolute Gasteiger partial charge is 0.508 e. The fraction of sp³-hybridized carbons (Fsp3) is 0.364. The Morgan fingerprint density at radius 1 is 1.33 bits per heavy atom. The Morgan fingerprint density at radius 3 is 2.50 bits per heavy atom. The van der Waals surface area contributed by atoms with Crippen LogP contribution < -0.4 is 0 Å². The molecule has 1 aliphatic heterocycles. The molecule has 0 aliphatic carbocycles. The molecule has 0 aromatic heterocycles. The minimum Gasteiger partial charge on any atom is -0.430 e. The summed E-state index contributed by atoms with van der Waals surface area (Å²) in [6.45, 7) is -0.00229. The van der Waals surface area contributed by atoms with Crippen molar-refractivity contribution in [2.45, 2.75) is 17.8 Å². The minimum atomic E-state index is -4.27. The predicted octanol–water partition coefficient (Wildman–Crippen LogP) is 1.54. The van der Waals surface area contributed by atoms with E-state index in [1.165, 1.54) is 0 Å². The van der Waals surface area contributed by atoms with E-state index in [0.717, 1.165) is 0 Å². The lowest BCUT2D eigenvalue weighted by atomic mass is 10.1. The van der Waals surface area contributed by atoms with Crippen LogP contribution in [0, 0.1) is 0 Å². The van der Waals surface area contributed by atoms with E-state index >= 15 is 0 Å². The highest BCUT2D eigenvalue weighted by atomic mass is 32.2. The number of carbonyl (C=O) groups excluding carboxylic acids is 1. The van der Waals surface area contributed by atoms with Gasteiger partial charge in [-0.3, -0.25) is 4.55 Å². The third kappa shape index (κ3) is 2.99. The molecule has 6 nitrogen and oxygen atoms in total. The molecule has 2 unspecified atom stereocenters. The second-order valence-electron chi connectivity index (χ2n) is 3.95. The van der Waals surface area contributed by atoms with Gasteiger partial charge in [-0.1, -0.05) is 30.3 Å². The molecule has 2 atom stereocenters. The van der Waals surface area contributed by atoms with Crippen LogP contribution >= 0.6 is 0 Å². The Kier molecular flexibility index (Phi) is 3.53. The second kappa shape index (κ2) is 4.95. The Morgan fingerprint density at radius 2 is 2.00 bits per heavy atom. The highest BCUT2D eigenvalue weighted by Gasteiger charge is 2.34. The van der Waals surface area contributed by atoms with Gasteiger partial charge in [-0.15, -0.1) is 0 Å². The van der Waals surface area contributed by atoms with E-state index in [4.69, 9.17) is 4.74 Å². The van der Waals surface area contributed by atoms with E-state index in [0.29, 0.717) is 5.56 Å². The molecule has 18 heavy (non-hydrogen) atoms. The van der Waals surface area contributed by atoms with E-state index in [1.807, 2.05) is 0 Å². The Hall–Kier alpha value is -1.60. The van der Waals surface area contributed by atoms with Crippen molar-refractivity contribution in [1.29, 1.82) is 0 Å². The first-order chi connectivity index (χ1) is 8.47. The summed E-state index contributed by atoms with van der Waals surface area (Å²) in [5.74, 6) is 0. The standard InChI is InChI=1S/C11H12O6S/c12-11-16-7-9(17-11)6-10(18(13,14)15)8-4-2-1-3-5-8/h1-5,9-10H,6-7H2,(H,13,14,15). The maximum absolute atomic E-state index is 11.4. The van der Waals surface area contributed by atoms with Crippen LogP contribution in [0.3, 0.4) is 0 Å². The first kappa shape index (κ1) is 12.8. The zero-order valence-electron chi connectivity index (χ0n) is 9.35. The summed E-state index contributed by atoms with van der Waals surface area (Å²) < 4.78 is 41.3. The van der Waals surface area contributed by atoms with Crippen LogP contribution in [-0.4, -0.2) is 31.8 Å².